The van der Waals surface area contributed by atoms with Gasteiger partial charge in [0.05, 0.1) is 24.2 Å². The Bertz CT molecular complexity index is 866. The van der Waals surface area contributed by atoms with Crippen molar-refractivity contribution in [3.8, 4) is 0 Å². The molecule has 0 aliphatic carbocycles. The topological polar surface area (TPSA) is 184 Å². The highest BCUT2D eigenvalue weighted by Gasteiger charge is 2.30. The molecule has 9 nitrogen and oxygen atoms in total. The molecule has 182 valence electrons. The Kier molecular flexibility index (Phi) is 13.2. The van der Waals surface area contributed by atoms with Gasteiger partial charge in [0, 0.05) is 18.5 Å². The molecule has 0 fully saturated rings. The summed E-state index contributed by atoms with van der Waals surface area (Å²) in [5, 5.41) is 30.4. The van der Waals surface area contributed by atoms with Crippen LogP contribution >= 0.6 is 0 Å². The maximum absolute atomic E-state index is 12.4. The molecule has 0 bridgehead atoms. The number of alkyl halides is 3. The SMILES string of the molecule is C=CC(O)CC(=O)C(=C=[N-])C(=O)Nc1ccc(C(F)(F)F)cc1.[NH3+]CCCCC([NH3+])C(=O)[O-]. The summed E-state index contributed by atoms with van der Waals surface area (Å²) in [6, 6.07) is 2.96. The van der Waals surface area contributed by atoms with E-state index in [9.17, 15) is 37.8 Å². The lowest BCUT2D eigenvalue weighted by atomic mass is 10.1. The zero-order valence-corrected chi connectivity index (χ0v) is 17.9. The van der Waals surface area contributed by atoms with E-state index in [4.69, 9.17) is 5.41 Å². The van der Waals surface area contributed by atoms with Crippen molar-refractivity contribution in [1.29, 1.82) is 0 Å². The van der Waals surface area contributed by atoms with E-state index in [-0.39, 0.29) is 5.69 Å². The Morgan fingerprint density at radius 1 is 1.24 bits per heavy atom. The molecule has 2 atom stereocenters. The number of benzene rings is 1. The summed E-state index contributed by atoms with van der Waals surface area (Å²) in [6.07, 6.45) is -2.68. The number of nitrogens with zero attached hydrogens (tertiary/aromatic N) is 1. The van der Waals surface area contributed by atoms with E-state index in [1.54, 1.807) is 0 Å². The Hall–Kier alpha value is -3.31. The number of anilines is 1. The Labute approximate surface area is 188 Å². The minimum atomic E-state index is -4.51. The van der Waals surface area contributed by atoms with Crippen molar-refractivity contribution in [2.45, 2.75) is 44.0 Å². The van der Waals surface area contributed by atoms with Crippen molar-refractivity contribution in [3.05, 3.63) is 53.5 Å². The van der Waals surface area contributed by atoms with Crippen LogP contribution in [-0.4, -0.2) is 47.3 Å². The molecule has 8 N–H and O–H groups in total. The van der Waals surface area contributed by atoms with Gasteiger partial charge in [-0.2, -0.15) is 13.2 Å². The van der Waals surface area contributed by atoms with Crippen LogP contribution in [0.15, 0.2) is 42.5 Å². The molecule has 1 amide bonds. The summed E-state index contributed by atoms with van der Waals surface area (Å²) in [6.45, 7) is 4.11. The number of aliphatic carboxylic acids is 1. The average molecular weight is 472 g/mol. The van der Waals surface area contributed by atoms with Crippen LogP contribution in [0.4, 0.5) is 18.9 Å². The number of carbonyl (C=O) groups excluding carboxylic acids is 3. The van der Waals surface area contributed by atoms with E-state index in [1.807, 2.05) is 0 Å². The van der Waals surface area contributed by atoms with E-state index in [0.29, 0.717) is 6.42 Å². The van der Waals surface area contributed by atoms with Crippen LogP contribution in [-0.2, 0) is 20.6 Å². The van der Waals surface area contributed by atoms with Gasteiger partial charge in [-0.05, 0) is 37.1 Å². The number of rotatable bonds is 11. The van der Waals surface area contributed by atoms with Crippen LogP contribution in [0.1, 0.15) is 31.2 Å². The molecule has 0 spiro atoms. The number of halogens is 3. The lowest BCUT2D eigenvalue weighted by molar-refractivity contribution is -0.439. The minimum Gasteiger partial charge on any atom is -0.763 e. The molecule has 0 saturated carbocycles. The maximum atomic E-state index is 12.4. The molecule has 0 heterocycles. The van der Waals surface area contributed by atoms with E-state index in [1.165, 1.54) is 5.87 Å². The number of ketones is 1. The molecular formula is C21H27F3N4O5. The Morgan fingerprint density at radius 2 is 1.82 bits per heavy atom. The molecule has 1 aromatic rings. The van der Waals surface area contributed by atoms with Gasteiger partial charge in [0.25, 0.3) is 5.91 Å². The van der Waals surface area contributed by atoms with E-state index in [2.05, 4.69) is 23.4 Å². The molecule has 0 aliphatic rings. The van der Waals surface area contributed by atoms with Gasteiger partial charge in [-0.1, -0.05) is 6.08 Å². The third-order valence-corrected chi connectivity index (χ3v) is 4.14. The van der Waals surface area contributed by atoms with Crippen LogP contribution in [0.5, 0.6) is 0 Å². The first-order valence-corrected chi connectivity index (χ1v) is 9.80. The molecule has 12 heteroatoms. The van der Waals surface area contributed by atoms with Gasteiger partial charge in [0.15, 0.2) is 5.78 Å². The minimum absolute atomic E-state index is 0.00665. The van der Waals surface area contributed by atoms with Crippen molar-refractivity contribution in [2.75, 3.05) is 11.9 Å². The highest BCUT2D eigenvalue weighted by Crippen LogP contribution is 2.29. The first kappa shape index (κ1) is 29.7. The summed E-state index contributed by atoms with van der Waals surface area (Å²) in [7, 11) is 0. The fourth-order valence-electron chi connectivity index (χ4n) is 2.24. The second-order valence-electron chi connectivity index (χ2n) is 6.81. The van der Waals surface area contributed by atoms with Crippen LogP contribution in [0.2, 0.25) is 0 Å². The van der Waals surface area contributed by atoms with E-state index in [0.717, 1.165) is 49.7 Å². The highest BCUT2D eigenvalue weighted by molar-refractivity contribution is 6.29. The van der Waals surface area contributed by atoms with Crippen LogP contribution in [0.25, 0.3) is 5.41 Å². The second-order valence-corrected chi connectivity index (χ2v) is 6.81. The van der Waals surface area contributed by atoms with Gasteiger partial charge in [0.1, 0.15) is 11.6 Å². The molecule has 0 saturated heterocycles. The molecule has 0 radical (unpaired) electrons. The molecule has 1 rings (SSSR count). The Balaban J connectivity index is 0.000000861. The average Bonchev–Trinajstić information content (AvgIpc) is 2.74. The number of carboxylic acid groups (broad SMARTS) is 1. The second kappa shape index (κ2) is 14.7. The van der Waals surface area contributed by atoms with Gasteiger partial charge < -0.3 is 37.2 Å². The van der Waals surface area contributed by atoms with E-state index < -0.39 is 53.5 Å². The molecule has 0 aliphatic heterocycles. The fraction of sp³-hybridized carbons (Fsp3) is 0.381. The lowest BCUT2D eigenvalue weighted by Gasteiger charge is -2.10. The van der Waals surface area contributed by atoms with Gasteiger partial charge in [-0.25, -0.2) is 0 Å². The number of aliphatic hydroxyl groups is 1. The summed E-state index contributed by atoms with van der Waals surface area (Å²) >= 11 is 0. The molecular weight excluding hydrogens is 445 g/mol. The van der Waals surface area contributed by atoms with E-state index >= 15 is 0 Å². The number of amides is 1. The quantitative estimate of drug-likeness (QED) is 0.0809. The maximum Gasteiger partial charge on any atom is 0.416 e. The number of carboxylic acids is 1. The summed E-state index contributed by atoms with van der Waals surface area (Å²) in [4.78, 5) is 33.6. The van der Waals surface area contributed by atoms with Gasteiger partial charge in [0.2, 0.25) is 0 Å². The Morgan fingerprint density at radius 3 is 2.24 bits per heavy atom. The number of Topliss-reactive ketones (excluding diaryl/α,β-unsaturated/α-hetero) is 1. The smallest absolute Gasteiger partial charge is 0.416 e. The zero-order chi connectivity index (χ0) is 25.6. The zero-order valence-electron chi connectivity index (χ0n) is 17.9. The third-order valence-electron chi connectivity index (χ3n) is 4.14. The molecule has 1 aromatic carbocycles. The number of carbonyl (C=O) groups is 3. The standard InChI is InChI=1S/C15H12F3N2O3.C6H14N2O2/c1-2-11(21)7-13(22)12(8-19)14(23)20-10-5-3-9(4-6-10)15(16,17)18;7-4-2-1-3-5(8)6(9)10/h2-6,11,21H,1,7H2,(H,20,23);5H,1-4,7-8H2,(H,9,10)/q-1;/p+1. The summed E-state index contributed by atoms with van der Waals surface area (Å²) in [5.41, 5.74) is 5.41. The first-order chi connectivity index (χ1) is 15.4. The summed E-state index contributed by atoms with van der Waals surface area (Å²) < 4.78 is 37.2. The predicted molar refractivity (Wildman–Crippen MR) is 111 cm³/mol. The number of hydrogen-bond donors (Lipinski definition) is 4. The summed E-state index contributed by atoms with van der Waals surface area (Å²) in [5.74, 6) is -1.60. The fourth-order valence-corrected chi connectivity index (χ4v) is 2.24. The largest absolute Gasteiger partial charge is 0.763 e. The number of aliphatic hydroxyl groups excluding tert-OH is 1. The monoisotopic (exact) mass is 472 g/mol. The molecule has 33 heavy (non-hydrogen) atoms. The van der Waals surface area contributed by atoms with Crippen molar-refractivity contribution in [2.24, 2.45) is 0 Å². The molecule has 2 unspecified atom stereocenters. The number of unbranched alkanes of at least 4 members (excludes halogenated alkanes) is 1. The number of quaternary nitrogens is 2. The molecule has 0 aromatic heterocycles. The first-order valence-electron chi connectivity index (χ1n) is 9.80. The third kappa shape index (κ3) is 11.8. The van der Waals surface area contributed by atoms with Gasteiger partial charge >= 0.3 is 6.18 Å². The van der Waals surface area contributed by atoms with Gasteiger partial charge in [-0.3, -0.25) is 15.5 Å². The van der Waals surface area contributed by atoms with Crippen LogP contribution < -0.4 is 21.9 Å². The van der Waals surface area contributed by atoms with Crippen molar-refractivity contribution in [3.63, 3.8) is 0 Å². The highest BCUT2D eigenvalue weighted by atomic mass is 19.4. The predicted octanol–water partition coefficient (Wildman–Crippen LogP) is -0.925. The van der Waals surface area contributed by atoms with Crippen molar-refractivity contribution < 1.29 is 49.2 Å². The van der Waals surface area contributed by atoms with Gasteiger partial charge in [-0.15, -0.1) is 6.58 Å². The van der Waals surface area contributed by atoms with Crippen molar-refractivity contribution >= 4 is 29.2 Å². The van der Waals surface area contributed by atoms with Crippen LogP contribution in [0, 0.1) is 0 Å². The normalized spacial score (nSPS) is 12.3. The lowest BCUT2D eigenvalue weighted by Crippen LogP contribution is -2.68. The van der Waals surface area contributed by atoms with Crippen molar-refractivity contribution in [1.82, 2.24) is 0 Å². The number of nitrogens with one attached hydrogen (secondary N) is 1. The number of hydrogen-bond acceptors (Lipinski definition) is 5. The van der Waals surface area contributed by atoms with Crippen LogP contribution in [0.3, 0.4) is 0 Å².